The van der Waals surface area contributed by atoms with Crippen LogP contribution in [0.3, 0.4) is 0 Å². The Labute approximate surface area is 317 Å². The van der Waals surface area contributed by atoms with Crippen LogP contribution in [-0.4, -0.2) is 12.9 Å². The van der Waals surface area contributed by atoms with Gasteiger partial charge in [-0.05, 0) is 73.5 Å². The zero-order valence-electron chi connectivity index (χ0n) is 30.9. The second-order valence-electron chi connectivity index (χ2n) is 14.4. The summed E-state index contributed by atoms with van der Waals surface area (Å²) in [5, 5.41) is 0. The molecule has 0 amide bonds. The summed E-state index contributed by atoms with van der Waals surface area (Å²) in [5.74, 6) is 0.0893. The summed E-state index contributed by atoms with van der Waals surface area (Å²) in [7, 11) is 0. The van der Waals surface area contributed by atoms with Gasteiger partial charge in [-0.25, -0.2) is 0 Å². The summed E-state index contributed by atoms with van der Waals surface area (Å²) in [6.07, 6.45) is 8.53. The summed E-state index contributed by atoms with van der Waals surface area (Å²) >= 11 is 0. The predicted octanol–water partition coefficient (Wildman–Crippen LogP) is 11.7. The number of aliphatic imine (C=N–C) groups is 2. The van der Waals surface area contributed by atoms with Crippen LogP contribution in [0.1, 0.15) is 47.2 Å². The largest absolute Gasteiger partial charge is 0.262 e. The fourth-order valence-electron chi connectivity index (χ4n) is 8.97. The summed E-state index contributed by atoms with van der Waals surface area (Å²) in [6, 6.07) is 48.6. The van der Waals surface area contributed by atoms with Crippen LogP contribution in [0.2, 0.25) is 0 Å². The standard InChI is InChI=1S/C50H42N4/c1-6-42-47-38-18-12-11-17-37(38)44-31-33(4)28-30-54(44)50(47)41-27-25-39(45(35-15-9-8-10-16-35)46(41)43-19-13-14-29-53(42)43)40-26-24-36(34-22-20-32(3)21-23-34)48(51-5)49(40)52-7-2/h6-31,42,47,50H,1,5H2,2-4H3/q+2/b52-7-. The highest BCUT2D eigenvalue weighted by atomic mass is 15.1. The van der Waals surface area contributed by atoms with Gasteiger partial charge in [0, 0.05) is 52.7 Å². The van der Waals surface area contributed by atoms with Crippen LogP contribution in [0, 0.1) is 13.8 Å². The molecule has 54 heavy (non-hydrogen) atoms. The van der Waals surface area contributed by atoms with Crippen molar-refractivity contribution in [3.63, 3.8) is 0 Å². The first kappa shape index (κ1) is 33.3. The molecule has 0 saturated carbocycles. The van der Waals surface area contributed by atoms with E-state index >= 15 is 0 Å². The first-order valence-corrected chi connectivity index (χ1v) is 18.7. The number of hydrogen-bond donors (Lipinski definition) is 0. The second-order valence-corrected chi connectivity index (χ2v) is 14.4. The van der Waals surface area contributed by atoms with Crippen LogP contribution in [0.25, 0.3) is 55.9 Å². The molecule has 0 saturated heterocycles. The van der Waals surface area contributed by atoms with Crippen molar-refractivity contribution < 1.29 is 9.13 Å². The number of allylic oxidation sites excluding steroid dienone is 1. The van der Waals surface area contributed by atoms with Crippen LogP contribution < -0.4 is 9.13 Å². The van der Waals surface area contributed by atoms with E-state index in [-0.39, 0.29) is 18.0 Å². The van der Waals surface area contributed by atoms with Crippen LogP contribution in [-0.2, 0) is 0 Å². The molecule has 4 heterocycles. The second kappa shape index (κ2) is 13.5. The predicted molar refractivity (Wildman–Crippen MR) is 223 cm³/mol. The average molecular weight is 699 g/mol. The van der Waals surface area contributed by atoms with Gasteiger partial charge < -0.3 is 0 Å². The van der Waals surface area contributed by atoms with Crippen LogP contribution >= 0.6 is 0 Å². The monoisotopic (exact) mass is 698 g/mol. The minimum atomic E-state index is -0.0145. The third-order valence-corrected chi connectivity index (χ3v) is 11.3. The van der Waals surface area contributed by atoms with Crippen molar-refractivity contribution >= 4 is 24.3 Å². The summed E-state index contributed by atoms with van der Waals surface area (Å²) in [5.41, 5.74) is 18.0. The molecule has 4 heteroatoms. The summed E-state index contributed by atoms with van der Waals surface area (Å²) in [6.45, 7) is 14.8. The molecule has 0 radical (unpaired) electrons. The highest BCUT2D eigenvalue weighted by Gasteiger charge is 2.52. The lowest BCUT2D eigenvalue weighted by molar-refractivity contribution is -0.739. The highest BCUT2D eigenvalue weighted by molar-refractivity contribution is 6.02. The van der Waals surface area contributed by atoms with E-state index in [1.807, 2.05) is 13.1 Å². The normalized spacial score (nSPS) is 16.7. The van der Waals surface area contributed by atoms with Crippen molar-refractivity contribution in [2.75, 3.05) is 0 Å². The molecule has 260 valence electrons. The number of benzene rings is 5. The molecule has 2 aliphatic heterocycles. The Morgan fingerprint density at radius 1 is 0.574 bits per heavy atom. The van der Waals surface area contributed by atoms with Gasteiger partial charge in [0.05, 0.1) is 22.5 Å². The summed E-state index contributed by atoms with van der Waals surface area (Å²) < 4.78 is 4.96. The first-order valence-electron chi connectivity index (χ1n) is 18.7. The fraction of sp³-hybridized carbons (Fsp3) is 0.120. The Morgan fingerprint density at radius 3 is 2.09 bits per heavy atom. The molecule has 5 aromatic carbocycles. The van der Waals surface area contributed by atoms with Crippen molar-refractivity contribution in [2.24, 2.45) is 9.98 Å². The lowest BCUT2D eigenvalue weighted by atomic mass is 9.74. The van der Waals surface area contributed by atoms with Crippen molar-refractivity contribution in [3.05, 3.63) is 181 Å². The molecule has 0 aliphatic carbocycles. The molecule has 0 N–H and O–H groups in total. The Bertz CT molecular complexity index is 2630. The molecule has 3 atom stereocenters. The molecule has 2 aliphatic rings. The molecule has 3 unspecified atom stereocenters. The molecule has 0 fully saturated rings. The van der Waals surface area contributed by atoms with Crippen LogP contribution in [0.5, 0.6) is 0 Å². The van der Waals surface area contributed by atoms with Gasteiger partial charge in [0.25, 0.3) is 0 Å². The number of pyridine rings is 2. The SMILES string of the molecule is C=CC1C2c3ccccc3-c3cc(C)cc[n+]3C2c2ccc(-c3ccc(-c4ccc(C)cc4)c(N=C)c3/N=C\C)c(-c3ccccc3)c2-c2cccc[n+]21. The highest BCUT2D eigenvalue weighted by Crippen LogP contribution is 2.54. The van der Waals surface area contributed by atoms with Gasteiger partial charge in [-0.15, -0.1) is 0 Å². The maximum Gasteiger partial charge on any atom is 0.214 e. The molecule has 2 aromatic heterocycles. The molecule has 0 bridgehead atoms. The fourth-order valence-corrected chi connectivity index (χ4v) is 8.97. The number of fused-ring (bicyclic) bond motifs is 10. The van der Waals surface area contributed by atoms with E-state index < -0.39 is 0 Å². The molecular weight excluding hydrogens is 657 g/mol. The quantitative estimate of drug-likeness (QED) is 0.0941. The van der Waals surface area contributed by atoms with E-state index in [4.69, 9.17) is 4.99 Å². The smallest absolute Gasteiger partial charge is 0.214 e. The van der Waals surface area contributed by atoms with Crippen LogP contribution in [0.4, 0.5) is 11.4 Å². The van der Waals surface area contributed by atoms with Crippen LogP contribution in [0.15, 0.2) is 168 Å². The number of hydrogen-bond acceptors (Lipinski definition) is 2. The maximum absolute atomic E-state index is 5.04. The maximum atomic E-state index is 5.04. The molecule has 7 aromatic rings. The number of nitrogens with zero attached hydrogens (tertiary/aromatic N) is 4. The Kier molecular flexibility index (Phi) is 8.31. The number of aryl methyl sites for hydroxylation is 2. The minimum absolute atomic E-state index is 0.00707. The Morgan fingerprint density at radius 2 is 1.31 bits per heavy atom. The van der Waals surface area contributed by atoms with Gasteiger partial charge in [0.1, 0.15) is 5.92 Å². The number of rotatable bonds is 6. The van der Waals surface area contributed by atoms with Crippen molar-refractivity contribution in [1.29, 1.82) is 0 Å². The lowest BCUT2D eigenvalue weighted by Gasteiger charge is -2.31. The molecule has 9 rings (SSSR count). The van der Waals surface area contributed by atoms with Gasteiger partial charge >= 0.3 is 0 Å². The van der Waals surface area contributed by atoms with Gasteiger partial charge in [-0.3, -0.25) is 9.98 Å². The van der Waals surface area contributed by atoms with E-state index in [0.29, 0.717) is 0 Å². The van der Waals surface area contributed by atoms with Gasteiger partial charge in [0.15, 0.2) is 24.5 Å². The third kappa shape index (κ3) is 5.21. The lowest BCUT2D eigenvalue weighted by Crippen LogP contribution is -2.52. The first-order chi connectivity index (χ1) is 26.5. The zero-order valence-corrected chi connectivity index (χ0v) is 30.9. The van der Waals surface area contributed by atoms with E-state index in [0.717, 1.165) is 50.4 Å². The third-order valence-electron chi connectivity index (χ3n) is 11.3. The minimum Gasteiger partial charge on any atom is -0.262 e. The van der Waals surface area contributed by atoms with Crippen molar-refractivity contribution in [2.45, 2.75) is 38.8 Å². The van der Waals surface area contributed by atoms with Crippen molar-refractivity contribution in [3.8, 4) is 55.9 Å². The van der Waals surface area contributed by atoms with Gasteiger partial charge in [-0.1, -0.05) is 109 Å². The molecule has 4 nitrogen and oxygen atoms in total. The van der Waals surface area contributed by atoms with Gasteiger partial charge in [-0.2, -0.15) is 9.13 Å². The Balaban J connectivity index is 1.41. The number of aromatic nitrogens is 2. The van der Waals surface area contributed by atoms with Gasteiger partial charge in [0.2, 0.25) is 11.4 Å². The molecule has 0 spiro atoms. The molecular formula is C50H42N4+2. The summed E-state index contributed by atoms with van der Waals surface area (Å²) in [4.78, 5) is 9.70. The van der Waals surface area contributed by atoms with E-state index in [2.05, 4.69) is 193 Å². The topological polar surface area (TPSA) is 32.5 Å². The Hall–Kier alpha value is -6.52. The van der Waals surface area contributed by atoms with Crippen molar-refractivity contribution in [1.82, 2.24) is 0 Å². The van der Waals surface area contributed by atoms with E-state index in [1.165, 1.54) is 39.1 Å². The average Bonchev–Trinajstić information content (AvgIpc) is 3.34. The zero-order chi connectivity index (χ0) is 36.9. The van der Waals surface area contributed by atoms with E-state index in [1.54, 1.807) is 0 Å². The van der Waals surface area contributed by atoms with E-state index in [9.17, 15) is 0 Å².